The molecule has 7 rings (SSSR count). The third-order valence-corrected chi connectivity index (χ3v) is 11.1. The fourth-order valence-electron chi connectivity index (χ4n) is 6.88. The Kier molecular flexibility index (Phi) is 12.6. The average Bonchev–Trinajstić information content (AvgIpc) is 3.19. The summed E-state index contributed by atoms with van der Waals surface area (Å²) in [5.74, 6) is 0. The lowest BCUT2D eigenvalue weighted by Gasteiger charge is -2.47. The largest absolute Gasteiger partial charge is 0.387 e. The Morgan fingerprint density at radius 2 is 1.02 bits per heavy atom. The molecule has 6 nitrogen and oxygen atoms in total. The van der Waals surface area contributed by atoms with Gasteiger partial charge in [-0.15, -0.1) is 11.8 Å². The second kappa shape index (κ2) is 18.1. The third-order valence-electron chi connectivity index (χ3n) is 9.57. The first-order valence-electron chi connectivity index (χ1n) is 17.9. The summed E-state index contributed by atoms with van der Waals surface area (Å²) in [6.07, 6.45) is -0.863. The first-order valence-corrected chi connectivity index (χ1v) is 18.8. The molecular formula is C44H46O6S. The van der Waals surface area contributed by atoms with Crippen LogP contribution in [0.3, 0.4) is 0 Å². The Balaban J connectivity index is 1.20. The maximum Gasteiger partial charge on any atom is 0.133 e. The van der Waals surface area contributed by atoms with Crippen LogP contribution in [0, 0.1) is 0 Å². The predicted octanol–water partition coefficient (Wildman–Crippen LogP) is 8.47. The van der Waals surface area contributed by atoms with Crippen LogP contribution in [0.2, 0.25) is 0 Å². The van der Waals surface area contributed by atoms with Crippen molar-refractivity contribution in [1.82, 2.24) is 0 Å². The number of aliphatic hydroxyl groups is 1. The van der Waals surface area contributed by atoms with Crippen molar-refractivity contribution < 1.29 is 28.8 Å². The predicted molar refractivity (Wildman–Crippen MR) is 201 cm³/mol. The molecule has 0 radical (unpaired) electrons. The summed E-state index contributed by atoms with van der Waals surface area (Å²) >= 11 is 1.64. The van der Waals surface area contributed by atoms with Crippen molar-refractivity contribution in [2.75, 3.05) is 6.61 Å². The lowest BCUT2D eigenvalue weighted by atomic mass is 9.89. The highest BCUT2D eigenvalue weighted by Gasteiger charge is 2.50. The fraction of sp³-hybridized carbons (Fsp3) is 0.318. The Morgan fingerprint density at radius 1 is 0.549 bits per heavy atom. The fourth-order valence-corrected chi connectivity index (χ4v) is 8.37. The first-order chi connectivity index (χ1) is 25.2. The molecule has 0 bridgehead atoms. The zero-order valence-electron chi connectivity index (χ0n) is 28.7. The highest BCUT2D eigenvalue weighted by Crippen LogP contribution is 2.43. The van der Waals surface area contributed by atoms with Gasteiger partial charge in [0.25, 0.3) is 0 Å². The van der Waals surface area contributed by atoms with Crippen LogP contribution in [0.15, 0.2) is 146 Å². The molecule has 7 atom stereocenters. The molecule has 1 N–H and O–H groups in total. The Hall–Kier alpha value is -3.79. The summed E-state index contributed by atoms with van der Waals surface area (Å²) in [5, 5.41) is 11.6. The molecule has 0 unspecified atom stereocenters. The number of aliphatic hydroxyl groups excluding tert-OH is 1. The number of benzene rings is 5. The Labute approximate surface area is 305 Å². The van der Waals surface area contributed by atoms with E-state index in [1.54, 1.807) is 11.8 Å². The summed E-state index contributed by atoms with van der Waals surface area (Å²) in [7, 11) is 0. The van der Waals surface area contributed by atoms with Gasteiger partial charge < -0.3 is 28.8 Å². The van der Waals surface area contributed by atoms with Crippen LogP contribution >= 0.6 is 11.8 Å². The zero-order chi connectivity index (χ0) is 34.7. The van der Waals surface area contributed by atoms with Gasteiger partial charge in [-0.3, -0.25) is 0 Å². The third kappa shape index (κ3) is 9.56. The van der Waals surface area contributed by atoms with E-state index in [4.69, 9.17) is 23.7 Å². The van der Waals surface area contributed by atoms with Crippen LogP contribution in [0.5, 0.6) is 0 Å². The molecule has 7 heteroatoms. The highest BCUT2D eigenvalue weighted by molar-refractivity contribution is 8.00. The van der Waals surface area contributed by atoms with Crippen LogP contribution in [-0.2, 0) is 56.5 Å². The highest BCUT2D eigenvalue weighted by atomic mass is 32.2. The normalized spacial score (nSPS) is 24.5. The van der Waals surface area contributed by atoms with Crippen LogP contribution in [0.1, 0.15) is 45.9 Å². The van der Waals surface area contributed by atoms with E-state index in [0.29, 0.717) is 33.0 Å². The quantitative estimate of drug-likeness (QED) is 0.117. The van der Waals surface area contributed by atoms with E-state index in [1.165, 1.54) is 5.56 Å². The van der Waals surface area contributed by atoms with Crippen molar-refractivity contribution in [2.45, 2.75) is 80.5 Å². The molecule has 1 heterocycles. The Morgan fingerprint density at radius 3 is 1.59 bits per heavy atom. The molecule has 1 saturated heterocycles. The lowest BCUT2D eigenvalue weighted by Crippen LogP contribution is -2.60. The molecule has 51 heavy (non-hydrogen) atoms. The van der Waals surface area contributed by atoms with Crippen LogP contribution in [0.25, 0.3) is 0 Å². The summed E-state index contributed by atoms with van der Waals surface area (Å²) in [4.78, 5) is 0. The van der Waals surface area contributed by atoms with Crippen LogP contribution in [0.4, 0.5) is 0 Å². The van der Waals surface area contributed by atoms with Crippen molar-refractivity contribution in [3.8, 4) is 0 Å². The summed E-state index contributed by atoms with van der Waals surface area (Å²) < 4.78 is 34.0. The number of hydrogen-bond donors (Lipinski definition) is 1. The minimum absolute atomic E-state index is 0.0878. The second-order valence-corrected chi connectivity index (χ2v) is 14.5. The molecular weight excluding hydrogens is 657 g/mol. The standard InChI is InChI=1S/C44H46O6S/c45-40-37-24-14-13-23-36(37)25-26-39(40)51-44-43(49-30-35-21-11-4-12-22-35)42(48-29-34-19-9-3-10-20-34)41(47-28-33-17-7-2-8-18-33)38(50-44)31-46-27-32-15-5-1-6-16-32/h1-24,38-45H,25-31H2/t38-,39-,40+,41-,42+,43-,44+/m1/s1. The van der Waals surface area contributed by atoms with Gasteiger partial charge in [0.1, 0.15) is 29.9 Å². The lowest BCUT2D eigenvalue weighted by molar-refractivity contribution is -0.254. The molecule has 1 fully saturated rings. The number of fused-ring (bicyclic) bond motifs is 1. The first kappa shape index (κ1) is 35.6. The summed E-state index contributed by atoms with van der Waals surface area (Å²) in [6, 6.07) is 48.9. The van der Waals surface area contributed by atoms with Crippen LogP contribution < -0.4 is 0 Å². The second-order valence-electron chi connectivity index (χ2n) is 13.2. The van der Waals surface area contributed by atoms with Crippen molar-refractivity contribution in [1.29, 1.82) is 0 Å². The molecule has 5 aromatic carbocycles. The van der Waals surface area contributed by atoms with E-state index in [-0.39, 0.29) is 5.25 Å². The molecule has 0 amide bonds. The maximum atomic E-state index is 11.7. The van der Waals surface area contributed by atoms with Crippen molar-refractivity contribution >= 4 is 11.8 Å². The number of rotatable bonds is 15. The van der Waals surface area contributed by atoms with E-state index in [2.05, 4.69) is 54.6 Å². The molecule has 0 spiro atoms. The van der Waals surface area contributed by atoms with E-state index in [0.717, 1.165) is 40.7 Å². The van der Waals surface area contributed by atoms with Gasteiger partial charge in [-0.25, -0.2) is 0 Å². The van der Waals surface area contributed by atoms with Crippen LogP contribution in [-0.4, -0.2) is 46.8 Å². The average molecular weight is 703 g/mol. The van der Waals surface area contributed by atoms with Gasteiger partial charge >= 0.3 is 0 Å². The van der Waals surface area contributed by atoms with E-state index in [1.807, 2.05) is 91.0 Å². The van der Waals surface area contributed by atoms with Crippen molar-refractivity contribution in [3.63, 3.8) is 0 Å². The van der Waals surface area contributed by atoms with Gasteiger partial charge in [-0.1, -0.05) is 146 Å². The van der Waals surface area contributed by atoms with Gasteiger partial charge in [-0.05, 0) is 46.2 Å². The van der Waals surface area contributed by atoms with Gasteiger partial charge in [0.2, 0.25) is 0 Å². The number of hydrogen-bond acceptors (Lipinski definition) is 7. The summed E-state index contributed by atoms with van der Waals surface area (Å²) in [5.41, 5.74) is 6.01. The molecule has 0 saturated carbocycles. The van der Waals surface area contributed by atoms with E-state index < -0.39 is 36.0 Å². The minimum Gasteiger partial charge on any atom is -0.387 e. The van der Waals surface area contributed by atoms with E-state index >= 15 is 0 Å². The molecule has 5 aromatic rings. The molecule has 0 aromatic heterocycles. The van der Waals surface area contributed by atoms with Crippen molar-refractivity contribution in [2.24, 2.45) is 0 Å². The SMILES string of the molecule is O[C@H]1c2ccccc2CC[C@H]1S[C@@H]1O[C@H](COCc2ccccc2)[C@@H](OCc2ccccc2)[C@H](OCc2ccccc2)[C@H]1OCc1ccccc1. The number of aryl methyl sites for hydroxylation is 1. The van der Waals surface area contributed by atoms with Crippen molar-refractivity contribution in [3.05, 3.63) is 179 Å². The topological polar surface area (TPSA) is 66.4 Å². The van der Waals surface area contributed by atoms with E-state index in [9.17, 15) is 5.11 Å². The Bertz CT molecular complexity index is 1740. The van der Waals surface area contributed by atoms with Gasteiger partial charge in [-0.2, -0.15) is 0 Å². The number of thioether (sulfide) groups is 1. The van der Waals surface area contributed by atoms with Gasteiger partial charge in [0, 0.05) is 5.25 Å². The monoisotopic (exact) mass is 702 g/mol. The number of ether oxygens (including phenoxy) is 5. The molecule has 1 aliphatic carbocycles. The van der Waals surface area contributed by atoms with Gasteiger partial charge in [0.05, 0.1) is 39.1 Å². The zero-order valence-corrected chi connectivity index (χ0v) is 29.6. The smallest absolute Gasteiger partial charge is 0.133 e. The summed E-state index contributed by atoms with van der Waals surface area (Å²) in [6.45, 7) is 1.91. The molecule has 264 valence electrons. The van der Waals surface area contributed by atoms with Gasteiger partial charge in [0.15, 0.2) is 0 Å². The maximum absolute atomic E-state index is 11.7. The molecule has 1 aliphatic heterocycles. The molecule has 2 aliphatic rings. The minimum atomic E-state index is -0.623.